The van der Waals surface area contributed by atoms with E-state index >= 15 is 0 Å². The fraction of sp³-hybridized carbons (Fsp3) is 0.300. The summed E-state index contributed by atoms with van der Waals surface area (Å²) in [4.78, 5) is 10.3. The van der Waals surface area contributed by atoms with Crippen LogP contribution in [0.4, 0.5) is 11.4 Å². The lowest BCUT2D eigenvalue weighted by molar-refractivity contribution is -0.384. The van der Waals surface area contributed by atoms with Gasteiger partial charge in [0, 0.05) is 0 Å². The molecule has 1 aromatic carbocycles. The van der Waals surface area contributed by atoms with Crippen LogP contribution in [0.15, 0.2) is 12.1 Å². The number of hydrogen-bond acceptors (Lipinski definition) is 4. The van der Waals surface area contributed by atoms with E-state index < -0.39 is 4.92 Å². The molecule has 0 heterocycles. The number of nitrogens with zero attached hydrogens (tertiary/aromatic N) is 1. The Labute approximate surface area is 92.9 Å². The first-order valence-electron chi connectivity index (χ1n) is 4.89. The molecule has 0 spiro atoms. The molecule has 0 fully saturated rings. The normalized spacial score (nSPS) is 10.1. The molecule has 0 aliphatic carbocycles. The Hall–Kier alpha value is -2.11. The molecular weight excluding hydrogens is 208 g/mol. The fourth-order valence-corrected chi connectivity index (χ4v) is 1.62. The van der Waals surface area contributed by atoms with Crippen LogP contribution in [-0.4, -0.2) is 10.8 Å². The number of nitro benzene ring substituents is 1. The highest BCUT2D eigenvalue weighted by molar-refractivity contribution is 6.02. The number of amidine groups is 1. The minimum atomic E-state index is -0.592. The number of nitrogens with two attached hydrogens (primary N) is 2. The van der Waals surface area contributed by atoms with Gasteiger partial charge in [0.1, 0.15) is 11.5 Å². The van der Waals surface area contributed by atoms with Crippen LogP contribution in [0.3, 0.4) is 0 Å². The molecule has 1 rings (SSSR count). The molecule has 16 heavy (non-hydrogen) atoms. The van der Waals surface area contributed by atoms with Crippen molar-refractivity contribution in [1.29, 1.82) is 5.41 Å². The Balaban J connectivity index is 3.49. The van der Waals surface area contributed by atoms with Gasteiger partial charge in [-0.25, -0.2) is 0 Å². The van der Waals surface area contributed by atoms with Crippen LogP contribution in [0, 0.1) is 15.5 Å². The van der Waals surface area contributed by atoms with E-state index in [9.17, 15) is 10.1 Å². The topological polar surface area (TPSA) is 119 Å². The number of rotatable bonds is 4. The van der Waals surface area contributed by atoms with Gasteiger partial charge >= 0.3 is 5.69 Å². The number of aryl methyl sites for hydroxylation is 1. The Morgan fingerprint density at radius 2 is 2.19 bits per heavy atom. The van der Waals surface area contributed by atoms with E-state index in [4.69, 9.17) is 16.9 Å². The van der Waals surface area contributed by atoms with E-state index in [2.05, 4.69) is 0 Å². The first kappa shape index (κ1) is 12.0. The third kappa shape index (κ3) is 2.10. The van der Waals surface area contributed by atoms with Gasteiger partial charge in [-0.15, -0.1) is 0 Å². The van der Waals surface area contributed by atoms with Crippen LogP contribution in [0.25, 0.3) is 0 Å². The number of nitro groups is 1. The fourth-order valence-electron chi connectivity index (χ4n) is 1.62. The predicted octanol–water partition coefficient (Wildman–Crippen LogP) is 1.41. The van der Waals surface area contributed by atoms with E-state index in [-0.39, 0.29) is 22.8 Å². The molecule has 0 amide bonds. The Morgan fingerprint density at radius 1 is 1.56 bits per heavy atom. The molecule has 0 saturated carbocycles. The largest absolute Gasteiger partial charge is 0.393 e. The van der Waals surface area contributed by atoms with Gasteiger partial charge in [-0.2, -0.15) is 0 Å². The minimum Gasteiger partial charge on any atom is -0.393 e. The molecule has 0 aromatic heterocycles. The van der Waals surface area contributed by atoms with E-state index in [0.29, 0.717) is 12.0 Å². The Kier molecular flexibility index (Phi) is 3.44. The van der Waals surface area contributed by atoms with Crippen molar-refractivity contribution in [2.75, 3.05) is 5.73 Å². The number of nitrogen functional groups attached to an aromatic ring is 2. The SMILES string of the molecule is CCCc1ccc(N)c([N+](=O)[O-])c1C(=N)N. The van der Waals surface area contributed by atoms with Crippen molar-refractivity contribution in [1.82, 2.24) is 0 Å². The summed E-state index contributed by atoms with van der Waals surface area (Å²) in [6.45, 7) is 1.95. The van der Waals surface area contributed by atoms with E-state index in [1.54, 1.807) is 6.07 Å². The third-order valence-electron chi connectivity index (χ3n) is 2.27. The molecule has 0 aliphatic rings. The van der Waals surface area contributed by atoms with Gasteiger partial charge in [0.2, 0.25) is 0 Å². The maximum atomic E-state index is 10.9. The van der Waals surface area contributed by atoms with Gasteiger partial charge in [0.05, 0.1) is 10.5 Å². The lowest BCUT2D eigenvalue weighted by atomic mass is 9.99. The highest BCUT2D eigenvalue weighted by Gasteiger charge is 2.23. The third-order valence-corrected chi connectivity index (χ3v) is 2.27. The highest BCUT2D eigenvalue weighted by atomic mass is 16.6. The van der Waals surface area contributed by atoms with Gasteiger partial charge in [0.25, 0.3) is 0 Å². The average molecular weight is 222 g/mol. The van der Waals surface area contributed by atoms with Crippen molar-refractivity contribution in [2.24, 2.45) is 5.73 Å². The smallest absolute Gasteiger partial charge is 0.303 e. The zero-order valence-corrected chi connectivity index (χ0v) is 8.99. The summed E-state index contributed by atoms with van der Waals surface area (Å²) in [5, 5.41) is 18.3. The summed E-state index contributed by atoms with van der Waals surface area (Å²) in [5.74, 6) is -0.317. The van der Waals surface area contributed by atoms with Gasteiger partial charge in [-0.1, -0.05) is 19.4 Å². The van der Waals surface area contributed by atoms with Gasteiger partial charge in [-0.05, 0) is 18.1 Å². The number of hydrogen-bond donors (Lipinski definition) is 3. The first-order valence-corrected chi connectivity index (χ1v) is 4.89. The predicted molar refractivity (Wildman–Crippen MR) is 62.5 cm³/mol. The molecule has 0 bridgehead atoms. The zero-order chi connectivity index (χ0) is 12.3. The molecule has 0 atom stereocenters. The molecule has 5 N–H and O–H groups in total. The Bertz CT molecular complexity index is 443. The monoisotopic (exact) mass is 222 g/mol. The van der Waals surface area contributed by atoms with Gasteiger partial charge < -0.3 is 11.5 Å². The lowest BCUT2D eigenvalue weighted by Gasteiger charge is -2.09. The number of anilines is 1. The molecular formula is C10H14N4O2. The van der Waals surface area contributed by atoms with E-state index in [1.165, 1.54) is 6.07 Å². The maximum Gasteiger partial charge on any atom is 0.303 e. The van der Waals surface area contributed by atoms with Gasteiger partial charge in [0.15, 0.2) is 0 Å². The van der Waals surface area contributed by atoms with Crippen molar-refractivity contribution in [3.05, 3.63) is 33.4 Å². The molecule has 0 radical (unpaired) electrons. The summed E-state index contributed by atoms with van der Waals surface area (Å²) >= 11 is 0. The van der Waals surface area contributed by atoms with E-state index in [1.807, 2.05) is 6.92 Å². The van der Waals surface area contributed by atoms with Crippen LogP contribution in [0.2, 0.25) is 0 Å². The summed E-state index contributed by atoms with van der Waals surface area (Å²) in [6, 6.07) is 3.16. The Morgan fingerprint density at radius 3 is 2.62 bits per heavy atom. The first-order chi connectivity index (χ1) is 7.49. The summed E-state index contributed by atoms with van der Waals surface area (Å²) in [6.07, 6.45) is 1.46. The lowest BCUT2D eigenvalue weighted by Crippen LogP contribution is -2.17. The number of nitrogens with one attached hydrogen (secondary N) is 1. The van der Waals surface area contributed by atoms with Crippen LogP contribution in [-0.2, 0) is 6.42 Å². The second-order valence-corrected chi connectivity index (χ2v) is 3.46. The molecule has 0 unspecified atom stereocenters. The second kappa shape index (κ2) is 4.61. The van der Waals surface area contributed by atoms with Crippen LogP contribution in [0.5, 0.6) is 0 Å². The zero-order valence-electron chi connectivity index (χ0n) is 8.99. The summed E-state index contributed by atoms with van der Waals surface area (Å²) < 4.78 is 0. The van der Waals surface area contributed by atoms with Gasteiger partial charge in [-0.3, -0.25) is 15.5 Å². The van der Waals surface area contributed by atoms with Crippen molar-refractivity contribution < 1.29 is 4.92 Å². The average Bonchev–Trinajstić information content (AvgIpc) is 2.19. The highest BCUT2D eigenvalue weighted by Crippen LogP contribution is 2.29. The maximum absolute atomic E-state index is 10.9. The quantitative estimate of drug-likeness (QED) is 0.234. The van der Waals surface area contributed by atoms with Crippen molar-refractivity contribution in [3.8, 4) is 0 Å². The molecule has 0 aliphatic heterocycles. The van der Waals surface area contributed by atoms with Crippen molar-refractivity contribution >= 4 is 17.2 Å². The van der Waals surface area contributed by atoms with Crippen molar-refractivity contribution in [3.63, 3.8) is 0 Å². The van der Waals surface area contributed by atoms with Crippen LogP contribution >= 0.6 is 0 Å². The molecule has 6 nitrogen and oxygen atoms in total. The van der Waals surface area contributed by atoms with Crippen LogP contribution in [0.1, 0.15) is 24.5 Å². The van der Waals surface area contributed by atoms with Crippen molar-refractivity contribution in [2.45, 2.75) is 19.8 Å². The molecule has 1 aromatic rings. The minimum absolute atomic E-state index is 0.0371. The summed E-state index contributed by atoms with van der Waals surface area (Å²) in [7, 11) is 0. The molecule has 0 saturated heterocycles. The molecule has 6 heteroatoms. The second-order valence-electron chi connectivity index (χ2n) is 3.46. The summed E-state index contributed by atoms with van der Waals surface area (Å²) in [5.41, 5.74) is 11.5. The standard InChI is InChI=1S/C10H14N4O2/c1-2-3-6-4-5-7(11)9(14(15)16)8(6)10(12)13/h4-5H,2-3,11H2,1H3,(H3,12,13). The van der Waals surface area contributed by atoms with E-state index in [0.717, 1.165) is 6.42 Å². The number of benzene rings is 1. The van der Waals surface area contributed by atoms with Crippen LogP contribution < -0.4 is 11.5 Å². The molecule has 86 valence electrons.